The quantitative estimate of drug-likeness (QED) is 0.144. The molecule has 0 aliphatic rings. The molecule has 0 aliphatic heterocycles. The second-order valence-corrected chi connectivity index (χ2v) is 8.73. The van der Waals surface area contributed by atoms with Gasteiger partial charge in [0, 0.05) is 17.2 Å². The number of nitrogens with one attached hydrogen (secondary N) is 1. The smallest absolute Gasteiger partial charge is 0.355 e. The van der Waals surface area contributed by atoms with Crippen LogP contribution in [0.5, 0.6) is 11.5 Å². The number of hydrazone groups is 1. The Labute approximate surface area is 210 Å². The number of benzene rings is 3. The fourth-order valence-corrected chi connectivity index (χ4v) is 4.78. The number of thiophene rings is 1. The van der Waals surface area contributed by atoms with Crippen LogP contribution >= 0.6 is 22.9 Å². The lowest BCUT2D eigenvalue weighted by Crippen LogP contribution is -2.26. The Balaban J connectivity index is 1.45. The molecule has 0 bridgehead atoms. The minimum Gasteiger partial charge on any atom is -0.493 e. The molecule has 178 valence electrons. The third-order valence-electron chi connectivity index (χ3n) is 5.08. The molecule has 1 heterocycles. The van der Waals surface area contributed by atoms with Gasteiger partial charge in [-0.2, -0.15) is 5.10 Å². The van der Waals surface area contributed by atoms with Crippen LogP contribution in [-0.4, -0.2) is 32.3 Å². The molecule has 1 N–H and O–H groups in total. The van der Waals surface area contributed by atoms with Gasteiger partial charge in [-0.25, -0.2) is 10.2 Å². The van der Waals surface area contributed by atoms with Gasteiger partial charge in [0.25, 0.3) is 5.91 Å². The molecule has 0 unspecified atom stereocenters. The van der Waals surface area contributed by atoms with Gasteiger partial charge in [0.05, 0.1) is 18.3 Å². The van der Waals surface area contributed by atoms with Gasteiger partial charge < -0.3 is 14.2 Å². The molecule has 0 saturated carbocycles. The summed E-state index contributed by atoms with van der Waals surface area (Å²) in [6.07, 6.45) is 0.664. The lowest BCUT2D eigenvalue weighted by molar-refractivity contribution is -0.131. The molecular formula is C26H21ClN2O5S. The van der Waals surface area contributed by atoms with E-state index in [9.17, 15) is 9.59 Å². The molecule has 0 radical (unpaired) electrons. The van der Waals surface area contributed by atoms with Crippen LogP contribution in [-0.2, 0) is 9.53 Å². The van der Waals surface area contributed by atoms with Crippen molar-refractivity contribution in [1.29, 1.82) is 0 Å². The molecule has 1 atom stereocenters. The van der Waals surface area contributed by atoms with Crippen LogP contribution < -0.4 is 14.9 Å². The Morgan fingerprint density at radius 1 is 1.00 bits per heavy atom. The van der Waals surface area contributed by atoms with Crippen molar-refractivity contribution in [3.8, 4) is 11.5 Å². The first-order valence-electron chi connectivity index (χ1n) is 10.5. The Morgan fingerprint density at radius 3 is 2.46 bits per heavy atom. The third-order valence-corrected chi connectivity index (χ3v) is 6.73. The van der Waals surface area contributed by atoms with Crippen molar-refractivity contribution in [3.63, 3.8) is 0 Å². The number of halogens is 1. The zero-order valence-electron chi connectivity index (χ0n) is 18.9. The highest BCUT2D eigenvalue weighted by Crippen LogP contribution is 2.37. The molecule has 0 aliphatic carbocycles. The monoisotopic (exact) mass is 508 g/mol. The van der Waals surface area contributed by atoms with Crippen molar-refractivity contribution in [3.05, 3.63) is 93.8 Å². The molecule has 1 aromatic heterocycles. The van der Waals surface area contributed by atoms with Crippen LogP contribution in [0.25, 0.3) is 10.1 Å². The Hall–Kier alpha value is -3.72. The lowest BCUT2D eigenvalue weighted by atomic mass is 10.1. The summed E-state index contributed by atoms with van der Waals surface area (Å²) in [5.41, 5.74) is 3.81. The summed E-state index contributed by atoms with van der Waals surface area (Å²) in [5.74, 6) is -0.428. The van der Waals surface area contributed by atoms with Crippen molar-refractivity contribution in [2.45, 2.75) is 6.10 Å². The molecular weight excluding hydrogens is 488 g/mol. The highest BCUT2D eigenvalue weighted by molar-refractivity contribution is 7.21. The van der Waals surface area contributed by atoms with E-state index >= 15 is 0 Å². The largest absolute Gasteiger partial charge is 0.493 e. The van der Waals surface area contributed by atoms with Gasteiger partial charge in [-0.3, -0.25) is 4.79 Å². The number of carbonyl (C=O) groups is 2. The van der Waals surface area contributed by atoms with E-state index in [-0.39, 0.29) is 5.75 Å². The summed E-state index contributed by atoms with van der Waals surface area (Å²) >= 11 is 7.65. The Kier molecular flexibility index (Phi) is 7.77. The van der Waals surface area contributed by atoms with Crippen LogP contribution in [0.3, 0.4) is 0 Å². The number of esters is 1. The number of carbonyl (C=O) groups excluding carboxylic acids is 2. The standard InChI is InChI=1S/C26H21ClN2O5S/c1-32-20-14-16(15-28-29-25(30)23(33-2)17-8-4-3-5-9-17)12-13-19(20)34-26(31)24-22(27)18-10-6-7-11-21(18)35-24/h3-15,23H,1-2H3,(H,29,30)/b28-15-/t23-/m1/s1. The van der Waals surface area contributed by atoms with Gasteiger partial charge in [0.2, 0.25) is 0 Å². The summed E-state index contributed by atoms with van der Waals surface area (Å²) in [5, 5.41) is 5.16. The minimum absolute atomic E-state index is 0.232. The number of hydrogen-bond donors (Lipinski definition) is 1. The summed E-state index contributed by atoms with van der Waals surface area (Å²) in [6.45, 7) is 0. The highest BCUT2D eigenvalue weighted by atomic mass is 35.5. The van der Waals surface area contributed by atoms with Crippen molar-refractivity contribution >= 4 is 51.1 Å². The fourth-order valence-electron chi connectivity index (χ4n) is 3.39. The predicted molar refractivity (Wildman–Crippen MR) is 137 cm³/mol. The fraction of sp³-hybridized carbons (Fsp3) is 0.115. The Morgan fingerprint density at radius 2 is 1.74 bits per heavy atom. The average Bonchev–Trinajstić information content (AvgIpc) is 3.22. The van der Waals surface area contributed by atoms with Gasteiger partial charge >= 0.3 is 5.97 Å². The number of fused-ring (bicyclic) bond motifs is 1. The lowest BCUT2D eigenvalue weighted by Gasteiger charge is -2.13. The minimum atomic E-state index is -0.787. The van der Waals surface area contributed by atoms with Crippen LogP contribution in [0.2, 0.25) is 5.02 Å². The van der Waals surface area contributed by atoms with Gasteiger partial charge in [-0.1, -0.05) is 60.1 Å². The van der Waals surface area contributed by atoms with Crippen molar-refractivity contribution in [2.75, 3.05) is 14.2 Å². The van der Waals surface area contributed by atoms with E-state index in [4.69, 9.17) is 25.8 Å². The number of rotatable bonds is 8. The number of nitrogens with zero attached hydrogens (tertiary/aromatic N) is 1. The van der Waals surface area contributed by atoms with E-state index in [1.54, 1.807) is 30.3 Å². The predicted octanol–water partition coefficient (Wildman–Crippen LogP) is 5.62. The van der Waals surface area contributed by atoms with Crippen molar-refractivity contribution < 1.29 is 23.8 Å². The molecule has 3 aromatic carbocycles. The van der Waals surface area contributed by atoms with E-state index in [0.29, 0.717) is 26.8 Å². The van der Waals surface area contributed by atoms with Crippen LogP contribution in [0, 0.1) is 0 Å². The molecule has 1 amide bonds. The summed E-state index contributed by atoms with van der Waals surface area (Å²) in [6, 6.07) is 21.5. The van der Waals surface area contributed by atoms with Gasteiger partial charge in [-0.15, -0.1) is 11.3 Å². The summed E-state index contributed by atoms with van der Waals surface area (Å²) < 4.78 is 17.1. The number of ether oxygens (including phenoxy) is 3. The summed E-state index contributed by atoms with van der Waals surface area (Å²) in [7, 11) is 2.92. The SMILES string of the molecule is COc1cc(/C=N\NC(=O)[C@H](OC)c2ccccc2)ccc1OC(=O)c1sc2ccccc2c1Cl. The van der Waals surface area contributed by atoms with Crippen LogP contribution in [0.1, 0.15) is 26.9 Å². The molecule has 0 spiro atoms. The van der Waals surface area contributed by atoms with E-state index in [2.05, 4.69) is 10.5 Å². The average molecular weight is 509 g/mol. The second kappa shape index (κ2) is 11.1. The van der Waals surface area contributed by atoms with Crippen molar-refractivity contribution in [1.82, 2.24) is 5.43 Å². The third kappa shape index (κ3) is 5.51. The molecule has 4 aromatic rings. The first-order valence-corrected chi connectivity index (χ1v) is 11.7. The molecule has 7 nitrogen and oxygen atoms in total. The maximum atomic E-state index is 12.8. The maximum Gasteiger partial charge on any atom is 0.355 e. The van der Waals surface area contributed by atoms with Crippen LogP contribution in [0.15, 0.2) is 77.9 Å². The number of methoxy groups -OCH3 is 2. The van der Waals surface area contributed by atoms with E-state index in [1.807, 2.05) is 42.5 Å². The zero-order valence-corrected chi connectivity index (χ0v) is 20.4. The normalized spacial score (nSPS) is 12.0. The van der Waals surface area contributed by atoms with E-state index in [1.165, 1.54) is 31.8 Å². The second-order valence-electron chi connectivity index (χ2n) is 7.30. The molecule has 0 fully saturated rings. The van der Waals surface area contributed by atoms with Gasteiger partial charge in [-0.05, 0) is 35.4 Å². The van der Waals surface area contributed by atoms with Crippen molar-refractivity contribution in [2.24, 2.45) is 5.10 Å². The summed E-state index contributed by atoms with van der Waals surface area (Å²) in [4.78, 5) is 25.5. The maximum absolute atomic E-state index is 12.8. The van der Waals surface area contributed by atoms with Gasteiger partial charge in [0.15, 0.2) is 17.6 Å². The zero-order chi connectivity index (χ0) is 24.8. The van der Waals surface area contributed by atoms with Gasteiger partial charge in [0.1, 0.15) is 4.88 Å². The first-order chi connectivity index (χ1) is 17.0. The molecule has 4 rings (SSSR count). The number of amides is 1. The topological polar surface area (TPSA) is 86.2 Å². The molecule has 35 heavy (non-hydrogen) atoms. The van der Waals surface area contributed by atoms with Crippen LogP contribution in [0.4, 0.5) is 0 Å². The molecule has 9 heteroatoms. The highest BCUT2D eigenvalue weighted by Gasteiger charge is 2.21. The van der Waals surface area contributed by atoms with E-state index in [0.717, 1.165) is 10.1 Å². The first kappa shape index (κ1) is 24.4. The Bertz CT molecular complexity index is 1390. The molecule has 0 saturated heterocycles. The number of hydrogen-bond acceptors (Lipinski definition) is 7. The van der Waals surface area contributed by atoms with E-state index < -0.39 is 18.0 Å².